The number of hydrogen-bond donors (Lipinski definition) is 0. The predicted molar refractivity (Wildman–Crippen MR) is 90.4 cm³/mol. The van der Waals surface area contributed by atoms with Gasteiger partial charge in [0.15, 0.2) is 0 Å². The van der Waals surface area contributed by atoms with E-state index in [2.05, 4.69) is 19.1 Å². The SMILES string of the molecule is CCCCCC=CCCC=CC(=O)Oc1ccc([N+](=O)[O-])cc1. The second-order valence-corrected chi connectivity index (χ2v) is 5.12. The van der Waals surface area contributed by atoms with E-state index in [0.29, 0.717) is 5.75 Å². The number of benzene rings is 1. The molecule has 0 aromatic heterocycles. The normalized spacial score (nSPS) is 11.2. The number of non-ortho nitro benzene ring substituents is 1. The van der Waals surface area contributed by atoms with Crippen LogP contribution in [-0.4, -0.2) is 10.9 Å². The summed E-state index contributed by atoms with van der Waals surface area (Å²) >= 11 is 0. The average Bonchev–Trinajstić information content (AvgIpc) is 2.54. The molecule has 0 spiro atoms. The lowest BCUT2D eigenvalue weighted by Crippen LogP contribution is -2.03. The van der Waals surface area contributed by atoms with E-state index >= 15 is 0 Å². The van der Waals surface area contributed by atoms with Gasteiger partial charge in [0.2, 0.25) is 0 Å². The molecule has 0 fully saturated rings. The number of esters is 1. The predicted octanol–water partition coefficient (Wildman–Crippen LogP) is 4.97. The number of carbonyl (C=O) groups excluding carboxylic acids is 1. The summed E-state index contributed by atoms with van der Waals surface area (Å²) in [7, 11) is 0. The minimum absolute atomic E-state index is 0.0361. The van der Waals surface area contributed by atoms with E-state index in [1.165, 1.54) is 49.6 Å². The molecule has 0 aliphatic rings. The lowest BCUT2D eigenvalue weighted by atomic mass is 10.2. The Balaban J connectivity index is 2.24. The third-order valence-electron chi connectivity index (χ3n) is 3.16. The molecule has 0 atom stereocenters. The fourth-order valence-corrected chi connectivity index (χ4v) is 1.91. The van der Waals surface area contributed by atoms with Crippen molar-refractivity contribution in [1.82, 2.24) is 0 Å². The van der Waals surface area contributed by atoms with Gasteiger partial charge in [0.05, 0.1) is 4.92 Å². The number of nitro benzene ring substituents is 1. The van der Waals surface area contributed by atoms with Gasteiger partial charge in [-0.2, -0.15) is 0 Å². The van der Waals surface area contributed by atoms with Crippen molar-refractivity contribution in [2.75, 3.05) is 0 Å². The van der Waals surface area contributed by atoms with E-state index < -0.39 is 10.9 Å². The third kappa shape index (κ3) is 8.56. The third-order valence-corrected chi connectivity index (χ3v) is 3.16. The first-order chi connectivity index (χ1) is 11.1. The first-order valence-corrected chi connectivity index (χ1v) is 7.91. The molecule has 1 aromatic rings. The molecule has 0 aliphatic heterocycles. The smallest absolute Gasteiger partial charge is 0.335 e. The first kappa shape index (κ1) is 18.6. The number of ether oxygens (including phenoxy) is 1. The number of nitrogens with zero attached hydrogens (tertiary/aromatic N) is 1. The van der Waals surface area contributed by atoms with Crippen LogP contribution in [0.1, 0.15) is 45.4 Å². The van der Waals surface area contributed by atoms with E-state index in [1.807, 2.05) is 0 Å². The molecule has 0 heterocycles. The van der Waals surface area contributed by atoms with Crippen LogP contribution in [0.15, 0.2) is 48.6 Å². The largest absolute Gasteiger partial charge is 0.423 e. The van der Waals surface area contributed by atoms with E-state index in [4.69, 9.17) is 4.74 Å². The summed E-state index contributed by atoms with van der Waals surface area (Å²) in [6, 6.07) is 5.41. The van der Waals surface area contributed by atoms with Gasteiger partial charge in [-0.15, -0.1) is 0 Å². The zero-order chi connectivity index (χ0) is 16.9. The van der Waals surface area contributed by atoms with Crippen molar-refractivity contribution in [3.8, 4) is 5.75 Å². The van der Waals surface area contributed by atoms with Gasteiger partial charge < -0.3 is 4.74 Å². The van der Waals surface area contributed by atoms with Crippen molar-refractivity contribution in [3.05, 3.63) is 58.7 Å². The Bertz CT molecular complexity index is 547. The van der Waals surface area contributed by atoms with E-state index in [9.17, 15) is 14.9 Å². The summed E-state index contributed by atoms with van der Waals surface area (Å²) < 4.78 is 5.05. The molecule has 0 N–H and O–H groups in total. The van der Waals surface area contributed by atoms with Crippen molar-refractivity contribution < 1.29 is 14.5 Å². The van der Waals surface area contributed by atoms with E-state index in [1.54, 1.807) is 6.08 Å². The Morgan fingerprint density at radius 3 is 2.39 bits per heavy atom. The maximum Gasteiger partial charge on any atom is 0.335 e. The van der Waals surface area contributed by atoms with Crippen molar-refractivity contribution in [2.45, 2.75) is 45.4 Å². The molecule has 0 radical (unpaired) electrons. The molecule has 0 saturated carbocycles. The highest BCUT2D eigenvalue weighted by Gasteiger charge is 2.06. The Kier molecular flexibility index (Phi) is 9.05. The van der Waals surface area contributed by atoms with Gasteiger partial charge in [0.25, 0.3) is 5.69 Å². The molecule has 1 rings (SSSR count). The van der Waals surface area contributed by atoms with Crippen LogP contribution in [0.4, 0.5) is 5.69 Å². The number of allylic oxidation sites excluding steroid dienone is 3. The molecule has 23 heavy (non-hydrogen) atoms. The van der Waals surface area contributed by atoms with Crippen LogP contribution in [0.5, 0.6) is 5.75 Å². The highest BCUT2D eigenvalue weighted by atomic mass is 16.6. The van der Waals surface area contributed by atoms with Gasteiger partial charge in [0, 0.05) is 18.2 Å². The Morgan fingerprint density at radius 1 is 1.09 bits per heavy atom. The van der Waals surface area contributed by atoms with E-state index in [0.717, 1.165) is 19.3 Å². The van der Waals surface area contributed by atoms with Gasteiger partial charge in [-0.25, -0.2) is 4.79 Å². The summed E-state index contributed by atoms with van der Waals surface area (Å²) in [6.45, 7) is 2.18. The molecule has 0 saturated heterocycles. The fourth-order valence-electron chi connectivity index (χ4n) is 1.91. The molecule has 5 heteroatoms. The number of unbranched alkanes of at least 4 members (excludes halogenated alkanes) is 4. The highest BCUT2D eigenvalue weighted by Crippen LogP contribution is 2.17. The zero-order valence-corrected chi connectivity index (χ0v) is 13.4. The van der Waals surface area contributed by atoms with Gasteiger partial charge in [-0.1, -0.05) is 38.0 Å². The topological polar surface area (TPSA) is 69.4 Å². The van der Waals surface area contributed by atoms with Crippen LogP contribution in [0.25, 0.3) is 0 Å². The molecular formula is C18H23NO4. The van der Waals surface area contributed by atoms with Gasteiger partial charge >= 0.3 is 5.97 Å². The summed E-state index contributed by atoms with van der Waals surface area (Å²) in [4.78, 5) is 21.6. The van der Waals surface area contributed by atoms with Crippen molar-refractivity contribution in [1.29, 1.82) is 0 Å². The summed E-state index contributed by atoms with van der Waals surface area (Å²) in [5.41, 5.74) is -0.0361. The zero-order valence-electron chi connectivity index (χ0n) is 13.4. The Labute approximate surface area is 136 Å². The Hall–Kier alpha value is -2.43. The van der Waals surface area contributed by atoms with Crippen molar-refractivity contribution >= 4 is 11.7 Å². The second kappa shape index (κ2) is 11.2. The number of carbonyl (C=O) groups is 1. The molecule has 0 aliphatic carbocycles. The number of nitro groups is 1. The van der Waals surface area contributed by atoms with Gasteiger partial charge in [-0.05, 0) is 37.8 Å². The minimum atomic E-state index is -0.499. The van der Waals surface area contributed by atoms with Crippen LogP contribution < -0.4 is 4.74 Å². The Morgan fingerprint density at radius 2 is 1.74 bits per heavy atom. The fraction of sp³-hybridized carbons (Fsp3) is 0.389. The van der Waals surface area contributed by atoms with Crippen LogP contribution in [0.2, 0.25) is 0 Å². The monoisotopic (exact) mass is 317 g/mol. The van der Waals surface area contributed by atoms with Crippen molar-refractivity contribution in [3.63, 3.8) is 0 Å². The quantitative estimate of drug-likeness (QED) is 0.116. The lowest BCUT2D eigenvalue weighted by Gasteiger charge is -2.00. The van der Waals surface area contributed by atoms with Crippen LogP contribution in [-0.2, 0) is 4.79 Å². The van der Waals surface area contributed by atoms with Crippen LogP contribution in [0.3, 0.4) is 0 Å². The molecule has 5 nitrogen and oxygen atoms in total. The first-order valence-electron chi connectivity index (χ1n) is 7.91. The van der Waals surface area contributed by atoms with Gasteiger partial charge in [-0.3, -0.25) is 10.1 Å². The van der Waals surface area contributed by atoms with E-state index in [-0.39, 0.29) is 5.69 Å². The molecular weight excluding hydrogens is 294 g/mol. The maximum absolute atomic E-state index is 11.6. The average molecular weight is 317 g/mol. The number of hydrogen-bond acceptors (Lipinski definition) is 4. The summed E-state index contributed by atoms with van der Waals surface area (Å²) in [5.74, 6) is -0.188. The van der Waals surface area contributed by atoms with Crippen LogP contribution in [0, 0.1) is 10.1 Å². The minimum Gasteiger partial charge on any atom is -0.423 e. The molecule has 0 amide bonds. The van der Waals surface area contributed by atoms with Crippen molar-refractivity contribution in [2.24, 2.45) is 0 Å². The number of rotatable bonds is 10. The highest BCUT2D eigenvalue weighted by molar-refractivity contribution is 5.84. The molecule has 0 bridgehead atoms. The van der Waals surface area contributed by atoms with Crippen LogP contribution >= 0.6 is 0 Å². The summed E-state index contributed by atoms with van der Waals surface area (Å²) in [6.07, 6.45) is 14.0. The molecule has 0 unspecified atom stereocenters. The standard InChI is InChI=1S/C18H23NO4/c1-2-3-4-5-6-7-8-9-10-11-18(20)23-17-14-12-16(13-15-17)19(21)22/h6-7,10-15H,2-5,8-9H2,1H3. The lowest BCUT2D eigenvalue weighted by molar-refractivity contribution is -0.384. The van der Waals surface area contributed by atoms with Gasteiger partial charge in [0.1, 0.15) is 5.75 Å². The molecule has 124 valence electrons. The molecule has 1 aromatic carbocycles. The maximum atomic E-state index is 11.6. The summed E-state index contributed by atoms with van der Waals surface area (Å²) in [5, 5.41) is 10.5. The second-order valence-electron chi connectivity index (χ2n) is 5.12.